The predicted octanol–water partition coefficient (Wildman–Crippen LogP) is 3.37. The van der Waals surface area contributed by atoms with Crippen molar-refractivity contribution >= 4 is 17.2 Å². The highest BCUT2D eigenvalue weighted by Crippen LogP contribution is 2.23. The maximum atomic E-state index is 12.4. The van der Waals surface area contributed by atoms with E-state index in [2.05, 4.69) is 32.5 Å². The molecular weight excluding hydrogens is 372 g/mol. The smallest absolute Gasteiger partial charge is 0.241 e. The van der Waals surface area contributed by atoms with E-state index in [1.54, 1.807) is 11.3 Å². The topological polar surface area (TPSA) is 71.3 Å². The van der Waals surface area contributed by atoms with Gasteiger partial charge in [0.05, 0.1) is 11.4 Å². The molecule has 1 amide bonds. The summed E-state index contributed by atoms with van der Waals surface area (Å²) in [6.07, 6.45) is 2.60. The molecule has 0 atom stereocenters. The summed E-state index contributed by atoms with van der Waals surface area (Å²) < 4.78 is 5.39. The van der Waals surface area contributed by atoms with Crippen LogP contribution < -0.4 is 5.32 Å². The molecule has 1 aromatic carbocycles. The Bertz CT molecular complexity index is 871. The van der Waals surface area contributed by atoms with Crippen LogP contribution in [-0.4, -0.2) is 40.6 Å². The predicted molar refractivity (Wildman–Crippen MR) is 109 cm³/mol. The van der Waals surface area contributed by atoms with E-state index >= 15 is 0 Å². The standard InChI is InChI=1S/C21H24N4O2S/c26-21(22-11-8-16-5-2-1-3-6-16)17-9-12-25(13-10-17)15-19-23-20(24-27-19)18-7-4-14-28-18/h1-7,14,17H,8-13,15H2,(H,22,26). The molecule has 28 heavy (non-hydrogen) atoms. The van der Waals surface area contributed by atoms with Gasteiger partial charge in [0, 0.05) is 12.5 Å². The number of likely N-dealkylation sites (tertiary alicyclic amines) is 1. The molecule has 0 spiro atoms. The number of piperidine rings is 1. The zero-order valence-electron chi connectivity index (χ0n) is 15.7. The highest BCUT2D eigenvalue weighted by Gasteiger charge is 2.25. The zero-order chi connectivity index (χ0) is 19.2. The third-order valence-corrected chi connectivity index (χ3v) is 5.95. The summed E-state index contributed by atoms with van der Waals surface area (Å²) in [5, 5.41) is 9.15. The second-order valence-corrected chi connectivity index (χ2v) is 8.01. The maximum Gasteiger partial charge on any atom is 0.241 e. The number of nitrogens with one attached hydrogen (secondary N) is 1. The Morgan fingerprint density at radius 2 is 2.00 bits per heavy atom. The second kappa shape index (κ2) is 9.12. The van der Waals surface area contributed by atoms with Crippen LogP contribution in [0.25, 0.3) is 10.7 Å². The Morgan fingerprint density at radius 3 is 2.75 bits per heavy atom. The number of hydrogen-bond donors (Lipinski definition) is 1. The van der Waals surface area contributed by atoms with Crippen LogP contribution in [0.5, 0.6) is 0 Å². The van der Waals surface area contributed by atoms with E-state index in [0.29, 0.717) is 24.8 Å². The lowest BCUT2D eigenvalue weighted by atomic mass is 9.96. The van der Waals surface area contributed by atoms with Gasteiger partial charge in [0.2, 0.25) is 17.6 Å². The van der Waals surface area contributed by atoms with Gasteiger partial charge < -0.3 is 9.84 Å². The molecule has 1 aliphatic rings. The van der Waals surface area contributed by atoms with Crippen molar-refractivity contribution in [3.05, 3.63) is 59.3 Å². The first-order chi connectivity index (χ1) is 13.8. The zero-order valence-corrected chi connectivity index (χ0v) is 16.5. The summed E-state index contributed by atoms with van der Waals surface area (Å²) >= 11 is 1.60. The molecule has 7 heteroatoms. The first-order valence-corrected chi connectivity index (χ1v) is 10.6. The third-order valence-electron chi connectivity index (χ3n) is 5.08. The van der Waals surface area contributed by atoms with E-state index in [9.17, 15) is 4.79 Å². The van der Waals surface area contributed by atoms with Crippen molar-refractivity contribution in [1.82, 2.24) is 20.4 Å². The van der Waals surface area contributed by atoms with Crippen LogP contribution in [0.15, 0.2) is 52.4 Å². The van der Waals surface area contributed by atoms with Crippen LogP contribution in [0.4, 0.5) is 0 Å². The fourth-order valence-corrected chi connectivity index (χ4v) is 4.14. The van der Waals surface area contributed by atoms with Gasteiger partial charge in [0.1, 0.15) is 0 Å². The maximum absolute atomic E-state index is 12.4. The third kappa shape index (κ3) is 4.85. The molecule has 1 N–H and O–H groups in total. The number of amides is 1. The van der Waals surface area contributed by atoms with Crippen LogP contribution in [0.1, 0.15) is 24.3 Å². The van der Waals surface area contributed by atoms with Crippen molar-refractivity contribution in [2.24, 2.45) is 5.92 Å². The molecular formula is C21H24N4O2S. The first kappa shape index (κ1) is 18.8. The van der Waals surface area contributed by atoms with E-state index in [4.69, 9.17) is 4.52 Å². The molecule has 146 valence electrons. The van der Waals surface area contributed by atoms with Gasteiger partial charge >= 0.3 is 0 Å². The lowest BCUT2D eigenvalue weighted by molar-refractivity contribution is -0.126. The summed E-state index contributed by atoms with van der Waals surface area (Å²) in [4.78, 5) is 20.2. The van der Waals surface area contributed by atoms with Crippen LogP contribution in [0.2, 0.25) is 0 Å². The minimum absolute atomic E-state index is 0.0939. The van der Waals surface area contributed by atoms with Crippen molar-refractivity contribution in [2.75, 3.05) is 19.6 Å². The fourth-order valence-electron chi connectivity index (χ4n) is 3.49. The monoisotopic (exact) mass is 396 g/mol. The minimum Gasteiger partial charge on any atom is -0.356 e. The molecule has 1 aliphatic heterocycles. The number of thiophene rings is 1. The number of carbonyl (C=O) groups is 1. The van der Waals surface area contributed by atoms with E-state index in [0.717, 1.165) is 37.2 Å². The number of aromatic nitrogens is 2. The number of nitrogens with zero attached hydrogens (tertiary/aromatic N) is 3. The van der Waals surface area contributed by atoms with E-state index in [1.165, 1.54) is 5.56 Å². The molecule has 0 saturated carbocycles. The van der Waals surface area contributed by atoms with E-state index in [-0.39, 0.29) is 11.8 Å². The van der Waals surface area contributed by atoms with Crippen molar-refractivity contribution in [3.8, 4) is 10.7 Å². The van der Waals surface area contributed by atoms with Crippen LogP contribution >= 0.6 is 11.3 Å². The molecule has 6 nitrogen and oxygen atoms in total. The van der Waals surface area contributed by atoms with Crippen LogP contribution in [0.3, 0.4) is 0 Å². The largest absolute Gasteiger partial charge is 0.356 e. The molecule has 1 saturated heterocycles. The van der Waals surface area contributed by atoms with Crippen molar-refractivity contribution in [3.63, 3.8) is 0 Å². The van der Waals surface area contributed by atoms with Crippen molar-refractivity contribution in [1.29, 1.82) is 0 Å². The summed E-state index contributed by atoms with van der Waals surface area (Å²) in [5.41, 5.74) is 1.25. The molecule has 4 rings (SSSR count). The van der Waals surface area contributed by atoms with Gasteiger partial charge in [-0.1, -0.05) is 41.6 Å². The van der Waals surface area contributed by atoms with Gasteiger partial charge in [-0.05, 0) is 49.4 Å². The lowest BCUT2D eigenvalue weighted by Crippen LogP contribution is -2.40. The average Bonchev–Trinajstić information content (AvgIpc) is 3.41. The summed E-state index contributed by atoms with van der Waals surface area (Å²) in [6.45, 7) is 3.07. The number of benzene rings is 1. The molecule has 0 aliphatic carbocycles. The Labute approximate surface area is 168 Å². The first-order valence-electron chi connectivity index (χ1n) is 9.68. The van der Waals surface area contributed by atoms with Crippen LogP contribution in [-0.2, 0) is 17.8 Å². The lowest BCUT2D eigenvalue weighted by Gasteiger charge is -2.30. The Morgan fingerprint density at radius 1 is 1.18 bits per heavy atom. The Balaban J connectivity index is 1.19. The van der Waals surface area contributed by atoms with Gasteiger partial charge in [0.15, 0.2) is 0 Å². The number of rotatable bonds is 7. The van der Waals surface area contributed by atoms with Crippen molar-refractivity contribution in [2.45, 2.75) is 25.8 Å². The Hall–Kier alpha value is -2.51. The van der Waals surface area contributed by atoms with Gasteiger partial charge in [0.25, 0.3) is 0 Å². The Kier molecular flexibility index (Phi) is 6.14. The average molecular weight is 397 g/mol. The number of carbonyl (C=O) groups excluding carboxylic acids is 1. The highest BCUT2D eigenvalue weighted by atomic mass is 32.1. The molecule has 0 bridgehead atoms. The van der Waals surface area contributed by atoms with Crippen molar-refractivity contribution < 1.29 is 9.32 Å². The molecule has 0 unspecified atom stereocenters. The molecule has 0 radical (unpaired) electrons. The highest BCUT2D eigenvalue weighted by molar-refractivity contribution is 7.13. The quantitative estimate of drug-likeness (QED) is 0.663. The summed E-state index contributed by atoms with van der Waals surface area (Å²) in [7, 11) is 0. The van der Waals surface area contributed by atoms with E-state index < -0.39 is 0 Å². The van der Waals surface area contributed by atoms with E-state index in [1.807, 2.05) is 35.7 Å². The summed E-state index contributed by atoms with van der Waals surface area (Å²) in [5.74, 6) is 1.55. The van der Waals surface area contributed by atoms with Crippen LogP contribution in [0, 0.1) is 5.92 Å². The fraction of sp³-hybridized carbons (Fsp3) is 0.381. The minimum atomic E-state index is 0.0939. The molecule has 1 fully saturated rings. The molecule has 3 heterocycles. The van der Waals surface area contributed by atoms with Gasteiger partial charge in [-0.3, -0.25) is 9.69 Å². The SMILES string of the molecule is O=C(NCCc1ccccc1)C1CCN(Cc2nc(-c3cccs3)no2)CC1. The normalized spacial score (nSPS) is 15.6. The molecule has 2 aromatic heterocycles. The van der Waals surface area contributed by atoms with Gasteiger partial charge in [-0.15, -0.1) is 11.3 Å². The molecule has 3 aromatic rings. The van der Waals surface area contributed by atoms with Gasteiger partial charge in [-0.2, -0.15) is 4.98 Å². The second-order valence-electron chi connectivity index (χ2n) is 7.07. The number of hydrogen-bond acceptors (Lipinski definition) is 6. The van der Waals surface area contributed by atoms with Gasteiger partial charge in [-0.25, -0.2) is 0 Å². The summed E-state index contributed by atoms with van der Waals surface area (Å²) in [6, 6.07) is 14.2.